The number of rotatable bonds is 3. The summed E-state index contributed by atoms with van der Waals surface area (Å²) in [6, 6.07) is 19.3. The highest BCUT2D eigenvalue weighted by molar-refractivity contribution is 6.30. The van der Waals surface area contributed by atoms with E-state index in [0.29, 0.717) is 22.7 Å². The van der Waals surface area contributed by atoms with E-state index in [4.69, 9.17) is 11.6 Å². The third-order valence-electron chi connectivity index (χ3n) is 4.29. The quantitative estimate of drug-likeness (QED) is 0.601. The van der Waals surface area contributed by atoms with Gasteiger partial charge in [0, 0.05) is 28.8 Å². The van der Waals surface area contributed by atoms with Crippen molar-refractivity contribution in [3.63, 3.8) is 0 Å². The minimum Gasteiger partial charge on any atom is -0.289 e. The van der Waals surface area contributed by atoms with Crippen LogP contribution in [0.1, 0.15) is 16.8 Å². The first-order valence-electron chi connectivity index (χ1n) is 8.03. The van der Waals surface area contributed by atoms with E-state index in [0.717, 1.165) is 22.5 Å². The number of benzene rings is 2. The fraction of sp³-hybridized carbons (Fsp3) is 0.100. The van der Waals surface area contributed by atoms with Gasteiger partial charge in [0.2, 0.25) is 0 Å². The summed E-state index contributed by atoms with van der Waals surface area (Å²) in [6.07, 6.45) is 0.525. The van der Waals surface area contributed by atoms with Gasteiger partial charge in [-0.1, -0.05) is 54.1 Å². The maximum atomic E-state index is 12.9. The Kier molecular flexibility index (Phi) is 3.90. The number of nitrogens with zero attached hydrogens (tertiary/aromatic N) is 2. The SMILES string of the molecule is Cc1nc2cc(-c3ccccc3)[nH]n2c(=O)c1Cc1ccc(Cl)cc1. The molecule has 4 rings (SSSR count). The Bertz CT molecular complexity index is 1100. The lowest BCUT2D eigenvalue weighted by Gasteiger charge is -2.06. The molecule has 5 heteroatoms. The Labute approximate surface area is 149 Å². The number of fused-ring (bicyclic) bond motifs is 1. The number of aromatic nitrogens is 3. The number of nitrogens with one attached hydrogen (secondary N) is 1. The predicted octanol–water partition coefficient (Wildman–Crippen LogP) is 4.24. The van der Waals surface area contributed by atoms with Crippen molar-refractivity contribution in [1.29, 1.82) is 0 Å². The number of aromatic amines is 1. The van der Waals surface area contributed by atoms with Gasteiger partial charge in [-0.15, -0.1) is 0 Å². The largest absolute Gasteiger partial charge is 0.289 e. The van der Waals surface area contributed by atoms with Crippen molar-refractivity contribution in [2.45, 2.75) is 13.3 Å². The first-order valence-corrected chi connectivity index (χ1v) is 8.41. The fourth-order valence-corrected chi connectivity index (χ4v) is 3.07. The van der Waals surface area contributed by atoms with Crippen molar-refractivity contribution in [2.24, 2.45) is 0 Å². The molecular weight excluding hydrogens is 334 g/mol. The molecule has 2 heterocycles. The molecule has 0 radical (unpaired) electrons. The first kappa shape index (κ1) is 15.7. The molecule has 25 heavy (non-hydrogen) atoms. The van der Waals surface area contributed by atoms with Crippen LogP contribution in [0.15, 0.2) is 65.5 Å². The summed E-state index contributed by atoms with van der Waals surface area (Å²) in [5.74, 6) is 0. The zero-order valence-electron chi connectivity index (χ0n) is 13.7. The summed E-state index contributed by atoms with van der Waals surface area (Å²) < 4.78 is 1.51. The molecule has 0 unspecified atom stereocenters. The van der Waals surface area contributed by atoms with E-state index in [1.54, 1.807) is 0 Å². The van der Waals surface area contributed by atoms with Gasteiger partial charge in [0.15, 0.2) is 5.65 Å². The van der Waals surface area contributed by atoms with E-state index >= 15 is 0 Å². The molecule has 4 nitrogen and oxygen atoms in total. The molecule has 0 amide bonds. The van der Waals surface area contributed by atoms with Crippen molar-refractivity contribution in [2.75, 3.05) is 0 Å². The summed E-state index contributed by atoms with van der Waals surface area (Å²) in [5, 5.41) is 3.85. The van der Waals surface area contributed by atoms with Gasteiger partial charge in [-0.25, -0.2) is 9.50 Å². The lowest BCUT2D eigenvalue weighted by Crippen LogP contribution is -2.22. The Morgan fingerprint density at radius 2 is 1.80 bits per heavy atom. The Balaban J connectivity index is 1.81. The fourth-order valence-electron chi connectivity index (χ4n) is 2.95. The van der Waals surface area contributed by atoms with Gasteiger partial charge in [0.05, 0.1) is 5.69 Å². The predicted molar refractivity (Wildman–Crippen MR) is 100 cm³/mol. The average molecular weight is 350 g/mol. The third kappa shape index (κ3) is 2.96. The number of hydrogen-bond donors (Lipinski definition) is 1. The molecule has 0 spiro atoms. The number of hydrogen-bond acceptors (Lipinski definition) is 2. The van der Waals surface area contributed by atoms with Gasteiger partial charge < -0.3 is 0 Å². The van der Waals surface area contributed by atoms with Crippen LogP contribution in [-0.2, 0) is 6.42 Å². The molecular formula is C20H16ClN3O. The number of aryl methyl sites for hydroxylation is 1. The number of H-pyrrole nitrogens is 1. The Morgan fingerprint density at radius 1 is 1.08 bits per heavy atom. The molecule has 4 aromatic rings. The average Bonchev–Trinajstić information content (AvgIpc) is 3.05. The highest BCUT2D eigenvalue weighted by Gasteiger charge is 2.13. The highest BCUT2D eigenvalue weighted by Crippen LogP contribution is 2.19. The van der Waals surface area contributed by atoms with Gasteiger partial charge in [-0.05, 0) is 30.2 Å². The Morgan fingerprint density at radius 3 is 2.52 bits per heavy atom. The first-order chi connectivity index (χ1) is 12.1. The van der Waals surface area contributed by atoms with Gasteiger partial charge in [0.1, 0.15) is 0 Å². The second kappa shape index (κ2) is 6.22. The van der Waals surface area contributed by atoms with Crippen LogP contribution in [0.5, 0.6) is 0 Å². The molecule has 0 atom stereocenters. The van der Waals surface area contributed by atoms with Crippen molar-refractivity contribution in [1.82, 2.24) is 14.6 Å². The smallest absolute Gasteiger partial charge is 0.276 e. The summed E-state index contributed by atoms with van der Waals surface area (Å²) in [5.41, 5.74) is 4.90. The van der Waals surface area contributed by atoms with Crippen molar-refractivity contribution in [3.05, 3.63) is 92.9 Å². The second-order valence-electron chi connectivity index (χ2n) is 6.01. The van der Waals surface area contributed by atoms with Crippen LogP contribution < -0.4 is 5.56 Å². The molecule has 0 aliphatic carbocycles. The van der Waals surface area contributed by atoms with Gasteiger partial charge in [0.25, 0.3) is 5.56 Å². The Hall–Kier alpha value is -2.85. The molecule has 2 aromatic carbocycles. The standard InChI is InChI=1S/C20H16ClN3O/c1-13-17(11-14-7-9-16(21)10-8-14)20(25)24-19(22-13)12-18(23-24)15-5-3-2-4-6-15/h2-10,12,23H,11H2,1H3. The molecule has 1 N–H and O–H groups in total. The van der Waals surface area contributed by atoms with E-state index in [1.165, 1.54) is 4.52 Å². The van der Waals surface area contributed by atoms with Crippen LogP contribution in [0, 0.1) is 6.92 Å². The van der Waals surface area contributed by atoms with E-state index in [2.05, 4.69) is 10.1 Å². The van der Waals surface area contributed by atoms with Crippen LogP contribution in [0.4, 0.5) is 0 Å². The minimum atomic E-state index is -0.0698. The van der Waals surface area contributed by atoms with E-state index in [-0.39, 0.29) is 5.56 Å². The van der Waals surface area contributed by atoms with Crippen LogP contribution in [0.2, 0.25) is 5.02 Å². The molecule has 0 aliphatic rings. The van der Waals surface area contributed by atoms with E-state index in [1.807, 2.05) is 67.6 Å². The zero-order valence-corrected chi connectivity index (χ0v) is 14.4. The molecule has 0 saturated heterocycles. The van der Waals surface area contributed by atoms with Crippen LogP contribution >= 0.6 is 11.6 Å². The molecule has 124 valence electrons. The molecule has 0 fully saturated rings. The topological polar surface area (TPSA) is 50.2 Å². The minimum absolute atomic E-state index is 0.0698. The molecule has 0 aliphatic heterocycles. The van der Waals surface area contributed by atoms with Crippen LogP contribution in [0.25, 0.3) is 16.9 Å². The van der Waals surface area contributed by atoms with Crippen LogP contribution in [-0.4, -0.2) is 14.6 Å². The maximum Gasteiger partial charge on any atom is 0.276 e. The third-order valence-corrected chi connectivity index (χ3v) is 4.55. The monoisotopic (exact) mass is 349 g/mol. The van der Waals surface area contributed by atoms with Crippen molar-refractivity contribution < 1.29 is 0 Å². The maximum absolute atomic E-state index is 12.9. The summed E-state index contributed by atoms with van der Waals surface area (Å²) in [7, 11) is 0. The molecule has 0 saturated carbocycles. The molecule has 0 bridgehead atoms. The van der Waals surface area contributed by atoms with E-state index < -0.39 is 0 Å². The molecule has 2 aromatic heterocycles. The summed E-state index contributed by atoms with van der Waals surface area (Å²) in [4.78, 5) is 17.5. The van der Waals surface area contributed by atoms with Gasteiger partial charge >= 0.3 is 0 Å². The van der Waals surface area contributed by atoms with Gasteiger partial charge in [-0.3, -0.25) is 9.89 Å². The second-order valence-corrected chi connectivity index (χ2v) is 6.45. The summed E-state index contributed by atoms with van der Waals surface area (Å²) in [6.45, 7) is 1.88. The van der Waals surface area contributed by atoms with Crippen molar-refractivity contribution in [3.8, 4) is 11.3 Å². The zero-order chi connectivity index (χ0) is 17.4. The highest BCUT2D eigenvalue weighted by atomic mass is 35.5. The number of halogens is 1. The lowest BCUT2D eigenvalue weighted by atomic mass is 10.1. The van der Waals surface area contributed by atoms with Crippen LogP contribution in [0.3, 0.4) is 0 Å². The summed E-state index contributed by atoms with van der Waals surface area (Å²) >= 11 is 5.93. The van der Waals surface area contributed by atoms with Gasteiger partial charge in [-0.2, -0.15) is 0 Å². The lowest BCUT2D eigenvalue weighted by molar-refractivity contribution is 0.862. The van der Waals surface area contributed by atoms with Crippen molar-refractivity contribution >= 4 is 17.2 Å². The van der Waals surface area contributed by atoms with E-state index in [9.17, 15) is 4.79 Å². The normalized spacial score (nSPS) is 11.1.